The van der Waals surface area contributed by atoms with E-state index >= 15 is 0 Å². The molecule has 11 nitrogen and oxygen atoms in total. The second kappa shape index (κ2) is 11.2. The molecular formula is C28H33N7O4S. The summed E-state index contributed by atoms with van der Waals surface area (Å²) in [5.74, 6) is 8.32. The Balaban J connectivity index is 1.23. The second-order valence-electron chi connectivity index (χ2n) is 10.7. The average Bonchev–Trinajstić information content (AvgIpc) is 3.56. The minimum absolute atomic E-state index is 0.116. The molecule has 3 fully saturated rings. The number of ether oxygens (including phenoxy) is 1. The Kier molecular flexibility index (Phi) is 7.44. The second-order valence-corrected chi connectivity index (χ2v) is 12.8. The van der Waals surface area contributed by atoms with Gasteiger partial charge in [0.15, 0.2) is 5.82 Å². The molecule has 210 valence electrons. The average molecular weight is 564 g/mol. The number of nitrogens with zero attached hydrogens (tertiary/aromatic N) is 5. The minimum atomic E-state index is -3.46. The summed E-state index contributed by atoms with van der Waals surface area (Å²) < 4.78 is 31.7. The molecule has 0 spiro atoms. The number of aliphatic hydroxyl groups is 1. The highest BCUT2D eigenvalue weighted by Crippen LogP contribution is 2.31. The molecule has 3 aliphatic rings. The van der Waals surface area contributed by atoms with E-state index in [4.69, 9.17) is 4.74 Å². The van der Waals surface area contributed by atoms with E-state index in [2.05, 4.69) is 49.4 Å². The van der Waals surface area contributed by atoms with Crippen LogP contribution in [0.5, 0.6) is 0 Å². The highest BCUT2D eigenvalue weighted by atomic mass is 32.2. The molecule has 1 aliphatic heterocycles. The lowest BCUT2D eigenvalue weighted by molar-refractivity contribution is 0.115. The fourth-order valence-electron chi connectivity index (χ4n) is 5.05. The largest absolute Gasteiger partial charge is 0.393 e. The van der Waals surface area contributed by atoms with Crippen LogP contribution in [0, 0.1) is 17.8 Å². The summed E-state index contributed by atoms with van der Waals surface area (Å²) in [5.41, 5.74) is 2.20. The molecule has 12 heteroatoms. The maximum atomic E-state index is 12.5. The van der Waals surface area contributed by atoms with Crippen molar-refractivity contribution < 1.29 is 18.3 Å². The Bertz CT molecular complexity index is 1540. The Morgan fingerprint density at radius 1 is 1.07 bits per heavy atom. The van der Waals surface area contributed by atoms with Gasteiger partial charge in [0.25, 0.3) is 10.0 Å². The first-order chi connectivity index (χ1) is 19.3. The van der Waals surface area contributed by atoms with Crippen LogP contribution < -0.4 is 10.6 Å². The number of aromatic nitrogens is 5. The fraction of sp³-hybridized carbons (Fsp3) is 0.500. The Labute approximate surface area is 233 Å². The first-order valence-corrected chi connectivity index (χ1v) is 15.3. The predicted octanol–water partition coefficient (Wildman–Crippen LogP) is 3.31. The van der Waals surface area contributed by atoms with Crippen molar-refractivity contribution in [2.24, 2.45) is 5.92 Å². The lowest BCUT2D eigenvalue weighted by Gasteiger charge is -2.27. The number of pyridine rings is 1. The van der Waals surface area contributed by atoms with Gasteiger partial charge in [-0.3, -0.25) is 0 Å². The molecule has 0 amide bonds. The molecular weight excluding hydrogens is 530 g/mol. The first-order valence-electron chi connectivity index (χ1n) is 13.8. The van der Waals surface area contributed by atoms with Crippen molar-refractivity contribution in [1.29, 1.82) is 0 Å². The van der Waals surface area contributed by atoms with Gasteiger partial charge in [0.2, 0.25) is 0 Å². The lowest BCUT2D eigenvalue weighted by Crippen LogP contribution is -2.28. The summed E-state index contributed by atoms with van der Waals surface area (Å²) in [6.45, 7) is 2.78. The van der Waals surface area contributed by atoms with Crippen molar-refractivity contribution in [2.45, 2.75) is 75.4 Å². The monoisotopic (exact) mass is 563 g/mol. The number of aliphatic hydroxyl groups excluding tert-OH is 1. The van der Waals surface area contributed by atoms with Crippen LogP contribution in [0.2, 0.25) is 0 Å². The van der Waals surface area contributed by atoms with E-state index in [1.165, 1.54) is 12.4 Å². The van der Waals surface area contributed by atoms with Crippen molar-refractivity contribution in [3.63, 3.8) is 0 Å². The Morgan fingerprint density at radius 3 is 2.65 bits per heavy atom. The zero-order chi connectivity index (χ0) is 27.7. The van der Waals surface area contributed by atoms with E-state index in [9.17, 15) is 13.5 Å². The van der Waals surface area contributed by atoms with Gasteiger partial charge in [-0.25, -0.2) is 23.4 Å². The van der Waals surface area contributed by atoms with Crippen LogP contribution in [0.15, 0.2) is 36.9 Å². The molecule has 40 heavy (non-hydrogen) atoms. The molecule has 0 aromatic carbocycles. The van der Waals surface area contributed by atoms with Crippen molar-refractivity contribution in [2.75, 3.05) is 17.2 Å². The smallest absolute Gasteiger partial charge is 0.256 e. The van der Waals surface area contributed by atoms with Gasteiger partial charge < -0.3 is 20.5 Å². The van der Waals surface area contributed by atoms with Crippen LogP contribution >= 0.6 is 0 Å². The van der Waals surface area contributed by atoms with Gasteiger partial charge in [-0.05, 0) is 57.9 Å². The molecule has 4 heterocycles. The molecule has 2 unspecified atom stereocenters. The van der Waals surface area contributed by atoms with Gasteiger partial charge in [0.1, 0.15) is 11.6 Å². The summed E-state index contributed by atoms with van der Waals surface area (Å²) in [5, 5.41) is 20.5. The maximum Gasteiger partial charge on any atom is 0.256 e. The number of hydrogen-bond donors (Lipinski definition) is 3. The number of nitrogens with one attached hydrogen (secondary N) is 2. The predicted molar refractivity (Wildman–Crippen MR) is 150 cm³/mol. The Morgan fingerprint density at radius 2 is 1.90 bits per heavy atom. The highest BCUT2D eigenvalue weighted by molar-refractivity contribution is 7.90. The van der Waals surface area contributed by atoms with Crippen molar-refractivity contribution in [1.82, 2.24) is 24.1 Å². The van der Waals surface area contributed by atoms with E-state index in [1.807, 2.05) is 6.07 Å². The van der Waals surface area contributed by atoms with Crippen molar-refractivity contribution >= 4 is 27.3 Å². The summed E-state index contributed by atoms with van der Waals surface area (Å²) >= 11 is 0. The van der Waals surface area contributed by atoms with E-state index in [-0.39, 0.29) is 29.4 Å². The van der Waals surface area contributed by atoms with Gasteiger partial charge in [-0.1, -0.05) is 11.8 Å². The Hall–Kier alpha value is -3.53. The van der Waals surface area contributed by atoms with Gasteiger partial charge in [0.05, 0.1) is 46.7 Å². The van der Waals surface area contributed by atoms with E-state index in [0.717, 1.165) is 54.0 Å². The van der Waals surface area contributed by atoms with E-state index in [0.29, 0.717) is 35.9 Å². The van der Waals surface area contributed by atoms with Crippen LogP contribution in [0.3, 0.4) is 0 Å². The van der Waals surface area contributed by atoms with Gasteiger partial charge in [0, 0.05) is 37.0 Å². The lowest BCUT2D eigenvalue weighted by atomic mass is 9.93. The molecule has 1 saturated heterocycles. The standard InChI is InChI=1S/C28H33N7O4S/c1-18-19(11-13-39-18)2-3-20-15-30-27(14-25(20)32-22-4-6-23(36)7-5-22)33-26-10-12-29-28(34-26)21-16-31-35(17-21)40(37,38)24-8-9-24/h10,12,14-19,22-24,36H,4-9,11,13H2,1H3,(H2,29,30,32,33,34). The highest BCUT2D eigenvalue weighted by Gasteiger charge is 2.37. The van der Waals surface area contributed by atoms with Crippen LogP contribution in [0.25, 0.3) is 11.4 Å². The molecule has 3 aromatic rings. The first kappa shape index (κ1) is 26.7. The van der Waals surface area contributed by atoms with Crippen molar-refractivity contribution in [3.8, 4) is 23.2 Å². The summed E-state index contributed by atoms with van der Waals surface area (Å²) in [7, 11) is -3.46. The molecule has 3 N–H and O–H groups in total. The minimum Gasteiger partial charge on any atom is -0.393 e. The molecule has 2 aliphatic carbocycles. The third kappa shape index (κ3) is 5.96. The third-order valence-electron chi connectivity index (χ3n) is 7.67. The van der Waals surface area contributed by atoms with Crippen LogP contribution in [-0.2, 0) is 14.8 Å². The molecule has 0 radical (unpaired) electrons. The molecule has 2 atom stereocenters. The summed E-state index contributed by atoms with van der Waals surface area (Å²) in [6, 6.07) is 3.88. The SMILES string of the molecule is CC1OCCC1C#Cc1cnc(Nc2ccnc(-c3cnn(S(=O)(=O)C4CC4)c3)n2)cc1NC1CCC(O)CC1. The van der Waals surface area contributed by atoms with Gasteiger partial charge in [-0.2, -0.15) is 9.19 Å². The number of rotatable bonds is 7. The normalized spacial score (nSPS) is 24.8. The maximum absolute atomic E-state index is 12.5. The number of anilines is 3. The van der Waals surface area contributed by atoms with Gasteiger partial charge >= 0.3 is 0 Å². The van der Waals surface area contributed by atoms with E-state index < -0.39 is 10.0 Å². The number of hydrogen-bond acceptors (Lipinski definition) is 10. The molecule has 0 bridgehead atoms. The third-order valence-corrected chi connectivity index (χ3v) is 9.70. The van der Waals surface area contributed by atoms with Crippen LogP contribution in [0.4, 0.5) is 17.3 Å². The zero-order valence-corrected chi connectivity index (χ0v) is 23.1. The van der Waals surface area contributed by atoms with Crippen LogP contribution in [-0.4, -0.2) is 67.8 Å². The zero-order valence-electron chi connectivity index (χ0n) is 22.3. The van der Waals surface area contributed by atoms with Crippen LogP contribution in [0.1, 0.15) is 57.4 Å². The summed E-state index contributed by atoms with van der Waals surface area (Å²) in [4.78, 5) is 13.5. The fourth-order valence-corrected chi connectivity index (χ4v) is 6.53. The van der Waals surface area contributed by atoms with E-state index in [1.54, 1.807) is 18.5 Å². The summed E-state index contributed by atoms with van der Waals surface area (Å²) in [6.07, 6.45) is 11.7. The van der Waals surface area contributed by atoms with Gasteiger partial charge in [-0.15, -0.1) is 0 Å². The molecule has 2 saturated carbocycles. The molecule has 6 rings (SSSR count). The molecule has 3 aromatic heterocycles. The quantitative estimate of drug-likeness (QED) is 0.366. The topological polar surface area (TPSA) is 144 Å². The van der Waals surface area contributed by atoms with Crippen molar-refractivity contribution in [3.05, 3.63) is 42.5 Å².